The highest BCUT2D eigenvalue weighted by atomic mass is 79.9. The number of ketones is 1. The van der Waals surface area contributed by atoms with Crippen LogP contribution in [-0.4, -0.2) is 5.78 Å². The molecule has 0 heterocycles. The fourth-order valence-electron chi connectivity index (χ4n) is 1.91. The molecule has 1 fully saturated rings. The minimum Gasteiger partial charge on any atom is -0.299 e. The van der Waals surface area contributed by atoms with E-state index in [1.807, 2.05) is 6.07 Å². The molecule has 1 aromatic carbocycles. The number of hydrogen-bond donors (Lipinski definition) is 0. The van der Waals surface area contributed by atoms with Gasteiger partial charge in [-0.1, -0.05) is 15.9 Å². The Morgan fingerprint density at radius 1 is 1.47 bits per heavy atom. The first-order valence-electron chi connectivity index (χ1n) is 4.98. The van der Waals surface area contributed by atoms with Crippen LogP contribution in [0.5, 0.6) is 0 Å². The fourth-order valence-corrected chi connectivity index (χ4v) is 2.42. The molecule has 0 N–H and O–H groups in total. The summed E-state index contributed by atoms with van der Waals surface area (Å²) < 4.78 is 13.8. The molecule has 0 spiro atoms. The highest BCUT2D eigenvalue weighted by molar-refractivity contribution is 9.10. The van der Waals surface area contributed by atoms with Crippen LogP contribution in [0.4, 0.5) is 4.39 Å². The van der Waals surface area contributed by atoms with Crippen LogP contribution in [0.1, 0.15) is 25.3 Å². The van der Waals surface area contributed by atoms with Gasteiger partial charge >= 0.3 is 0 Å². The van der Waals surface area contributed by atoms with Crippen LogP contribution in [0, 0.1) is 11.2 Å². The van der Waals surface area contributed by atoms with Crippen molar-refractivity contribution in [2.75, 3.05) is 0 Å². The normalized spacial score (nSPS) is 17.5. The highest BCUT2D eigenvalue weighted by Crippen LogP contribution is 2.49. The summed E-state index contributed by atoms with van der Waals surface area (Å²) in [4.78, 5) is 11.4. The van der Waals surface area contributed by atoms with Gasteiger partial charge in [-0.15, -0.1) is 0 Å². The van der Waals surface area contributed by atoms with Crippen LogP contribution >= 0.6 is 15.9 Å². The molecule has 1 aromatic rings. The number of halogens is 2. The van der Waals surface area contributed by atoms with Gasteiger partial charge in [-0.05, 0) is 49.9 Å². The molecule has 0 bridgehead atoms. The fraction of sp³-hybridized carbons (Fsp3) is 0.417. The Kier molecular flexibility index (Phi) is 2.67. The molecule has 0 radical (unpaired) electrons. The van der Waals surface area contributed by atoms with Crippen molar-refractivity contribution in [3.05, 3.63) is 34.1 Å². The van der Waals surface area contributed by atoms with E-state index in [-0.39, 0.29) is 17.0 Å². The lowest BCUT2D eigenvalue weighted by molar-refractivity contribution is -0.121. The number of benzene rings is 1. The van der Waals surface area contributed by atoms with E-state index in [1.54, 1.807) is 6.92 Å². The van der Waals surface area contributed by atoms with E-state index >= 15 is 0 Å². The lowest BCUT2D eigenvalue weighted by Crippen LogP contribution is -2.15. The Labute approximate surface area is 96.8 Å². The van der Waals surface area contributed by atoms with Crippen molar-refractivity contribution in [2.45, 2.75) is 26.2 Å². The number of rotatable bonds is 3. The predicted molar refractivity (Wildman–Crippen MR) is 60.2 cm³/mol. The minimum atomic E-state index is -0.251. The van der Waals surface area contributed by atoms with Gasteiger partial charge in [0.05, 0.1) is 0 Å². The summed E-state index contributed by atoms with van der Waals surface area (Å²) in [5.41, 5.74) is 0.710. The Morgan fingerprint density at radius 3 is 2.60 bits per heavy atom. The summed E-state index contributed by atoms with van der Waals surface area (Å²) in [5.74, 6) is -0.0263. The third-order valence-corrected chi connectivity index (χ3v) is 3.52. The standard InChI is InChI=1S/C12H12BrFO/c1-8(15)12(2-3-12)7-9-4-10(13)6-11(14)5-9/h4-6H,2-3,7H2,1H3. The van der Waals surface area contributed by atoms with Gasteiger partial charge < -0.3 is 0 Å². The molecule has 0 aromatic heterocycles. The smallest absolute Gasteiger partial charge is 0.136 e. The van der Waals surface area contributed by atoms with Gasteiger partial charge in [0.25, 0.3) is 0 Å². The van der Waals surface area contributed by atoms with Crippen LogP contribution in [0.3, 0.4) is 0 Å². The molecule has 0 unspecified atom stereocenters. The zero-order valence-electron chi connectivity index (χ0n) is 8.52. The summed E-state index contributed by atoms with van der Waals surface area (Å²) in [6.07, 6.45) is 2.55. The van der Waals surface area contributed by atoms with E-state index in [2.05, 4.69) is 15.9 Å². The highest BCUT2D eigenvalue weighted by Gasteiger charge is 2.46. The molecule has 2 rings (SSSR count). The molecule has 0 atom stereocenters. The van der Waals surface area contributed by atoms with E-state index in [0.717, 1.165) is 22.9 Å². The van der Waals surface area contributed by atoms with Crippen LogP contribution in [0.25, 0.3) is 0 Å². The van der Waals surface area contributed by atoms with Crippen molar-refractivity contribution in [3.8, 4) is 0 Å². The Morgan fingerprint density at radius 2 is 2.13 bits per heavy atom. The number of carbonyl (C=O) groups excluding carboxylic acids is 1. The van der Waals surface area contributed by atoms with Crippen LogP contribution in [0.2, 0.25) is 0 Å². The van der Waals surface area contributed by atoms with Crippen molar-refractivity contribution in [1.82, 2.24) is 0 Å². The summed E-state index contributed by atoms with van der Waals surface area (Å²) in [6.45, 7) is 1.63. The molecule has 0 amide bonds. The van der Waals surface area contributed by atoms with Crippen molar-refractivity contribution in [3.63, 3.8) is 0 Å². The third kappa shape index (κ3) is 2.28. The van der Waals surface area contributed by atoms with E-state index in [9.17, 15) is 9.18 Å². The molecule has 1 aliphatic carbocycles. The van der Waals surface area contributed by atoms with Crippen molar-refractivity contribution < 1.29 is 9.18 Å². The number of hydrogen-bond acceptors (Lipinski definition) is 1. The lowest BCUT2D eigenvalue weighted by Gasteiger charge is -2.11. The zero-order valence-corrected chi connectivity index (χ0v) is 10.1. The molecule has 0 saturated heterocycles. The van der Waals surface area contributed by atoms with Crippen molar-refractivity contribution in [1.29, 1.82) is 0 Å². The van der Waals surface area contributed by atoms with E-state index in [4.69, 9.17) is 0 Å². The average molecular weight is 271 g/mol. The average Bonchev–Trinajstić information content (AvgIpc) is 2.83. The van der Waals surface area contributed by atoms with E-state index < -0.39 is 0 Å². The van der Waals surface area contributed by atoms with Gasteiger partial charge in [-0.2, -0.15) is 0 Å². The van der Waals surface area contributed by atoms with E-state index in [0.29, 0.717) is 6.42 Å². The van der Waals surface area contributed by atoms with Crippen molar-refractivity contribution >= 4 is 21.7 Å². The van der Waals surface area contributed by atoms with Crippen molar-refractivity contribution in [2.24, 2.45) is 5.41 Å². The Hall–Kier alpha value is -0.700. The summed E-state index contributed by atoms with van der Waals surface area (Å²) in [5, 5.41) is 0. The summed E-state index contributed by atoms with van der Waals surface area (Å²) >= 11 is 3.25. The zero-order chi connectivity index (χ0) is 11.1. The second-order valence-corrected chi connectivity index (χ2v) is 5.21. The molecule has 3 heteroatoms. The topological polar surface area (TPSA) is 17.1 Å². The molecule has 15 heavy (non-hydrogen) atoms. The largest absolute Gasteiger partial charge is 0.299 e. The lowest BCUT2D eigenvalue weighted by atomic mass is 9.93. The maximum atomic E-state index is 13.1. The number of carbonyl (C=O) groups is 1. The molecule has 80 valence electrons. The SMILES string of the molecule is CC(=O)C1(Cc2cc(F)cc(Br)c2)CC1. The van der Waals surface area contributed by atoms with Gasteiger partial charge in [-0.25, -0.2) is 4.39 Å². The molecule has 0 aliphatic heterocycles. The quantitative estimate of drug-likeness (QED) is 0.822. The van der Waals surface area contributed by atoms with Crippen LogP contribution in [0.15, 0.2) is 22.7 Å². The first kappa shape index (κ1) is 10.8. The Bertz CT molecular complexity index is 390. The second kappa shape index (κ2) is 3.71. The first-order chi connectivity index (χ1) is 7.02. The first-order valence-corrected chi connectivity index (χ1v) is 5.77. The van der Waals surface area contributed by atoms with Gasteiger partial charge in [0.15, 0.2) is 0 Å². The van der Waals surface area contributed by atoms with Gasteiger partial charge in [0.2, 0.25) is 0 Å². The van der Waals surface area contributed by atoms with E-state index in [1.165, 1.54) is 12.1 Å². The molecule has 1 nitrogen and oxygen atoms in total. The molecular weight excluding hydrogens is 259 g/mol. The minimum absolute atomic E-state index is 0.187. The van der Waals surface area contributed by atoms with Gasteiger partial charge in [0, 0.05) is 9.89 Å². The molecule has 1 aliphatic rings. The molecule has 1 saturated carbocycles. The maximum absolute atomic E-state index is 13.1. The second-order valence-electron chi connectivity index (χ2n) is 4.29. The summed E-state index contributed by atoms with van der Waals surface area (Å²) in [6, 6.07) is 4.82. The van der Waals surface area contributed by atoms with Crippen LogP contribution < -0.4 is 0 Å². The predicted octanol–water partition coefficient (Wildman–Crippen LogP) is 3.50. The monoisotopic (exact) mass is 270 g/mol. The molecular formula is C12H12BrFO. The Balaban J connectivity index is 2.21. The summed E-state index contributed by atoms with van der Waals surface area (Å²) in [7, 11) is 0. The van der Waals surface area contributed by atoms with Gasteiger partial charge in [0.1, 0.15) is 11.6 Å². The van der Waals surface area contributed by atoms with Gasteiger partial charge in [-0.3, -0.25) is 4.79 Å². The third-order valence-electron chi connectivity index (χ3n) is 3.07. The number of Topliss-reactive ketones (excluding diaryl/α,β-unsaturated/α-hetero) is 1. The van der Waals surface area contributed by atoms with Crippen LogP contribution in [-0.2, 0) is 11.2 Å². The maximum Gasteiger partial charge on any atom is 0.136 e.